The highest BCUT2D eigenvalue weighted by Gasteiger charge is 2.26. The summed E-state index contributed by atoms with van der Waals surface area (Å²) >= 11 is 6.41. The van der Waals surface area contributed by atoms with Gasteiger partial charge in [-0.15, -0.1) is 0 Å². The van der Waals surface area contributed by atoms with Gasteiger partial charge in [0.1, 0.15) is 18.2 Å². The quantitative estimate of drug-likeness (QED) is 0.194. The Morgan fingerprint density at radius 1 is 0.881 bits per heavy atom. The molecule has 1 atom stereocenters. The minimum absolute atomic E-state index is 0.0596. The Labute approximate surface area is 249 Å². The predicted molar refractivity (Wildman–Crippen MR) is 162 cm³/mol. The van der Waals surface area contributed by atoms with E-state index in [2.05, 4.69) is 28.8 Å². The number of amides is 2. The van der Waals surface area contributed by atoms with Gasteiger partial charge in [0.05, 0.1) is 16.3 Å². The summed E-state index contributed by atoms with van der Waals surface area (Å²) in [7, 11) is 0. The van der Waals surface area contributed by atoms with Gasteiger partial charge in [-0.3, -0.25) is 4.79 Å². The Kier molecular flexibility index (Phi) is 8.31. The van der Waals surface area contributed by atoms with Crippen molar-refractivity contribution in [2.75, 3.05) is 5.32 Å². The van der Waals surface area contributed by atoms with Crippen LogP contribution in [0.15, 0.2) is 91.0 Å². The van der Waals surface area contributed by atoms with Crippen molar-refractivity contribution in [1.82, 2.24) is 5.32 Å². The lowest BCUT2D eigenvalue weighted by Gasteiger charge is -2.21. The molecule has 0 radical (unpaired) electrons. The molecular weight excluding hydrogens is 552 g/mol. The molecule has 1 aliphatic carbocycles. The van der Waals surface area contributed by atoms with Gasteiger partial charge in [-0.25, -0.2) is 9.59 Å². The van der Waals surface area contributed by atoms with Gasteiger partial charge >= 0.3 is 12.1 Å². The second-order valence-electron chi connectivity index (χ2n) is 11.0. The van der Waals surface area contributed by atoms with Crippen LogP contribution in [0, 0.1) is 0 Å². The number of halogens is 1. The fourth-order valence-electron chi connectivity index (χ4n) is 4.89. The molecule has 214 valence electrons. The molecule has 4 aromatic rings. The first kappa shape index (κ1) is 28.9. The van der Waals surface area contributed by atoms with E-state index in [1.165, 1.54) is 29.3 Å². The molecule has 0 unspecified atom stereocenters. The molecule has 0 spiro atoms. The first-order valence-corrected chi connectivity index (χ1v) is 14.0. The van der Waals surface area contributed by atoms with E-state index >= 15 is 0 Å². The van der Waals surface area contributed by atoms with Crippen molar-refractivity contribution in [2.45, 2.75) is 45.4 Å². The van der Waals surface area contributed by atoms with Gasteiger partial charge in [0.2, 0.25) is 0 Å². The molecule has 4 aromatic carbocycles. The van der Waals surface area contributed by atoms with Crippen LogP contribution in [0.25, 0.3) is 11.1 Å². The molecule has 0 aromatic heterocycles. The Morgan fingerprint density at radius 2 is 1.60 bits per heavy atom. The number of ether oxygens (including phenoxy) is 2. The summed E-state index contributed by atoms with van der Waals surface area (Å²) in [4.78, 5) is 38.8. The van der Waals surface area contributed by atoms with Crippen LogP contribution in [0.3, 0.4) is 0 Å². The minimum Gasteiger partial charge on any atom is -0.456 e. The highest BCUT2D eigenvalue weighted by Crippen LogP contribution is 2.38. The molecular formula is C34H31ClN2O5. The Bertz CT molecular complexity index is 1650. The van der Waals surface area contributed by atoms with E-state index in [9.17, 15) is 14.4 Å². The van der Waals surface area contributed by atoms with Crippen molar-refractivity contribution in [1.29, 1.82) is 0 Å². The SMILES string of the molecule is CC(C)(C)OC(=O)c1ccc(NC(=O)[C@@H](NC(=O)OCc2cccc3c2Cc2ccccc2-3)c2ccccc2)c(Cl)c1. The number of nitrogens with one attached hydrogen (secondary N) is 2. The van der Waals surface area contributed by atoms with Crippen LogP contribution in [-0.4, -0.2) is 23.6 Å². The third-order valence-corrected chi connectivity index (χ3v) is 7.14. The zero-order chi connectivity index (χ0) is 29.9. The molecule has 0 saturated carbocycles. The van der Waals surface area contributed by atoms with Crippen LogP contribution in [0.2, 0.25) is 5.02 Å². The second-order valence-corrected chi connectivity index (χ2v) is 11.4. The zero-order valence-corrected chi connectivity index (χ0v) is 24.3. The lowest BCUT2D eigenvalue weighted by molar-refractivity contribution is -0.118. The number of hydrogen-bond donors (Lipinski definition) is 2. The Hall–Kier alpha value is -4.62. The monoisotopic (exact) mass is 582 g/mol. The van der Waals surface area contributed by atoms with Crippen LogP contribution in [-0.2, 0) is 27.3 Å². The van der Waals surface area contributed by atoms with Crippen LogP contribution >= 0.6 is 11.6 Å². The average molecular weight is 583 g/mol. The summed E-state index contributed by atoms with van der Waals surface area (Å²) in [5.74, 6) is -1.05. The molecule has 0 aliphatic heterocycles. The van der Waals surface area contributed by atoms with E-state index in [-0.39, 0.29) is 22.9 Å². The van der Waals surface area contributed by atoms with Crippen molar-refractivity contribution < 1.29 is 23.9 Å². The van der Waals surface area contributed by atoms with Crippen molar-refractivity contribution in [2.24, 2.45) is 0 Å². The first-order chi connectivity index (χ1) is 20.1. The van der Waals surface area contributed by atoms with Gasteiger partial charge in [0, 0.05) is 0 Å². The minimum atomic E-state index is -1.06. The Balaban J connectivity index is 1.28. The number of benzene rings is 4. The van der Waals surface area contributed by atoms with E-state index in [0.717, 1.165) is 23.1 Å². The third-order valence-electron chi connectivity index (χ3n) is 6.83. The molecule has 0 saturated heterocycles. The number of carbonyl (C=O) groups excluding carboxylic acids is 3. The van der Waals surface area contributed by atoms with Gasteiger partial charge in [-0.2, -0.15) is 0 Å². The number of anilines is 1. The van der Waals surface area contributed by atoms with E-state index in [1.54, 1.807) is 45.0 Å². The van der Waals surface area contributed by atoms with Crippen molar-refractivity contribution >= 4 is 35.3 Å². The first-order valence-electron chi connectivity index (χ1n) is 13.6. The number of alkyl carbamates (subject to hydrolysis) is 1. The highest BCUT2D eigenvalue weighted by atomic mass is 35.5. The molecule has 8 heteroatoms. The maximum atomic E-state index is 13.4. The molecule has 5 rings (SSSR count). The van der Waals surface area contributed by atoms with Gasteiger partial charge in [-0.05, 0) is 78.8 Å². The van der Waals surface area contributed by atoms with Gasteiger partial charge in [-0.1, -0.05) is 84.4 Å². The van der Waals surface area contributed by atoms with Crippen LogP contribution < -0.4 is 10.6 Å². The van der Waals surface area contributed by atoms with Gasteiger partial charge in [0.15, 0.2) is 0 Å². The maximum Gasteiger partial charge on any atom is 0.408 e. The molecule has 42 heavy (non-hydrogen) atoms. The van der Waals surface area contributed by atoms with Crippen LogP contribution in [0.1, 0.15) is 59.4 Å². The number of fused-ring (bicyclic) bond motifs is 3. The Morgan fingerprint density at radius 3 is 2.33 bits per heavy atom. The lowest BCUT2D eigenvalue weighted by atomic mass is 10.0. The molecule has 1 aliphatic rings. The van der Waals surface area contributed by atoms with Crippen LogP contribution in [0.4, 0.5) is 10.5 Å². The summed E-state index contributed by atoms with van der Waals surface area (Å²) in [6.07, 6.45) is 0.0355. The number of rotatable bonds is 7. The molecule has 2 amide bonds. The number of carbonyl (C=O) groups is 3. The topological polar surface area (TPSA) is 93.7 Å². The van der Waals surface area contributed by atoms with Crippen molar-refractivity contribution in [3.05, 3.63) is 124 Å². The molecule has 7 nitrogen and oxygen atoms in total. The maximum absolute atomic E-state index is 13.4. The van der Waals surface area contributed by atoms with E-state index in [1.807, 2.05) is 30.3 Å². The zero-order valence-electron chi connectivity index (χ0n) is 23.6. The smallest absolute Gasteiger partial charge is 0.408 e. The summed E-state index contributed by atoms with van der Waals surface area (Å²) in [5.41, 5.74) is 6.05. The van der Waals surface area contributed by atoms with Gasteiger partial charge in [0.25, 0.3) is 5.91 Å². The van der Waals surface area contributed by atoms with Crippen molar-refractivity contribution in [3.63, 3.8) is 0 Å². The summed E-state index contributed by atoms with van der Waals surface area (Å²) in [5, 5.41) is 5.60. The number of esters is 1. The predicted octanol–water partition coefficient (Wildman–Crippen LogP) is 7.47. The van der Waals surface area contributed by atoms with Gasteiger partial charge < -0.3 is 20.1 Å². The second kappa shape index (κ2) is 12.1. The summed E-state index contributed by atoms with van der Waals surface area (Å²) in [6.45, 7) is 5.38. The average Bonchev–Trinajstić information content (AvgIpc) is 3.35. The van der Waals surface area contributed by atoms with E-state index in [4.69, 9.17) is 21.1 Å². The fourth-order valence-corrected chi connectivity index (χ4v) is 5.12. The molecule has 2 N–H and O–H groups in total. The third kappa shape index (κ3) is 6.64. The molecule has 0 heterocycles. The summed E-state index contributed by atoms with van der Waals surface area (Å²) in [6, 6.07) is 26.5. The van der Waals surface area contributed by atoms with E-state index in [0.29, 0.717) is 5.56 Å². The lowest BCUT2D eigenvalue weighted by Crippen LogP contribution is -2.37. The largest absolute Gasteiger partial charge is 0.456 e. The van der Waals surface area contributed by atoms with Crippen LogP contribution in [0.5, 0.6) is 0 Å². The highest BCUT2D eigenvalue weighted by molar-refractivity contribution is 6.34. The van der Waals surface area contributed by atoms with E-state index < -0.39 is 29.6 Å². The summed E-state index contributed by atoms with van der Waals surface area (Å²) < 4.78 is 11.0. The molecule has 0 fully saturated rings. The number of hydrogen-bond acceptors (Lipinski definition) is 5. The normalized spacial score (nSPS) is 12.5. The molecule has 0 bridgehead atoms. The standard InChI is InChI=1S/C34H31ClN2O5/c1-34(2,3)42-32(39)23-16-17-29(28(35)19-23)36-31(38)30(21-10-5-4-6-11-21)37-33(40)41-20-24-13-9-15-26-25-14-8-7-12-22(25)18-27(24)26/h4-17,19,30H,18,20H2,1-3H3,(H,36,38)(H,37,40)/t30-/m0/s1. The van der Waals surface area contributed by atoms with Crippen molar-refractivity contribution in [3.8, 4) is 11.1 Å². The fraction of sp³-hybridized carbons (Fsp3) is 0.206.